The number of aromatic nitrogens is 1. The van der Waals surface area contributed by atoms with Crippen molar-refractivity contribution in [2.45, 2.75) is 6.92 Å². The minimum absolute atomic E-state index is 1.15. The van der Waals surface area contributed by atoms with Gasteiger partial charge in [-0.15, -0.1) is 0 Å². The Hall–Kier alpha value is -2.09. The second kappa shape index (κ2) is 3.49. The summed E-state index contributed by atoms with van der Waals surface area (Å²) in [5.41, 5.74) is 2.31. The van der Waals surface area contributed by atoms with Crippen molar-refractivity contribution in [1.82, 2.24) is 4.68 Å². The largest absolute Gasteiger partial charge is 0.233 e. The fraction of sp³-hybridized carbons (Fsp3) is 0.0714. The Labute approximate surface area is 93.8 Å². The van der Waals surface area contributed by atoms with Crippen LogP contribution in [-0.4, -0.2) is 10.9 Å². The number of hydrogen-bond donors (Lipinski definition) is 0. The predicted octanol–water partition coefficient (Wildman–Crippen LogP) is 3.65. The molecule has 78 valence electrons. The maximum absolute atomic E-state index is 4.41. The van der Waals surface area contributed by atoms with Gasteiger partial charge in [-0.1, -0.05) is 36.4 Å². The Bertz CT molecular complexity index is 624. The molecule has 1 heterocycles. The lowest BCUT2D eigenvalue weighted by Gasteiger charge is -1.97. The van der Waals surface area contributed by atoms with E-state index >= 15 is 0 Å². The molecule has 0 bridgehead atoms. The summed E-state index contributed by atoms with van der Waals surface area (Å²) in [6.45, 7) is 1.93. The van der Waals surface area contributed by atoms with Crippen LogP contribution in [0.1, 0.15) is 6.92 Å². The van der Waals surface area contributed by atoms with Crippen LogP contribution in [0.15, 0.2) is 53.6 Å². The van der Waals surface area contributed by atoms with E-state index in [-0.39, 0.29) is 0 Å². The van der Waals surface area contributed by atoms with Crippen LogP contribution in [0.5, 0.6) is 0 Å². The van der Waals surface area contributed by atoms with Crippen LogP contribution in [0.25, 0.3) is 21.8 Å². The van der Waals surface area contributed by atoms with Gasteiger partial charge in [-0.25, -0.2) is 4.68 Å². The molecule has 0 amide bonds. The summed E-state index contributed by atoms with van der Waals surface area (Å²) in [6, 6.07) is 16.7. The molecule has 16 heavy (non-hydrogen) atoms. The third-order valence-electron chi connectivity index (χ3n) is 2.79. The zero-order chi connectivity index (χ0) is 11.0. The average Bonchev–Trinajstić information content (AvgIpc) is 2.66. The van der Waals surface area contributed by atoms with Gasteiger partial charge in [0, 0.05) is 17.0 Å². The quantitative estimate of drug-likeness (QED) is 0.543. The van der Waals surface area contributed by atoms with Crippen molar-refractivity contribution >= 4 is 28.0 Å². The molecule has 0 radical (unpaired) electrons. The van der Waals surface area contributed by atoms with Crippen molar-refractivity contribution in [3.05, 3.63) is 48.5 Å². The van der Waals surface area contributed by atoms with Gasteiger partial charge in [-0.05, 0) is 19.1 Å². The summed E-state index contributed by atoms with van der Waals surface area (Å²) < 4.78 is 1.99. The number of fused-ring (bicyclic) bond motifs is 3. The van der Waals surface area contributed by atoms with Crippen molar-refractivity contribution in [2.75, 3.05) is 0 Å². The van der Waals surface area contributed by atoms with Crippen molar-refractivity contribution < 1.29 is 0 Å². The van der Waals surface area contributed by atoms with Crippen molar-refractivity contribution in [3.63, 3.8) is 0 Å². The molecular weight excluding hydrogens is 196 g/mol. The number of hydrogen-bond acceptors (Lipinski definition) is 1. The van der Waals surface area contributed by atoms with Crippen LogP contribution in [0.2, 0.25) is 0 Å². The minimum Gasteiger partial charge on any atom is -0.233 e. The van der Waals surface area contributed by atoms with Gasteiger partial charge in [-0.3, -0.25) is 0 Å². The zero-order valence-electron chi connectivity index (χ0n) is 9.09. The van der Waals surface area contributed by atoms with Gasteiger partial charge in [0.15, 0.2) is 0 Å². The van der Waals surface area contributed by atoms with Crippen LogP contribution >= 0.6 is 0 Å². The monoisotopic (exact) mass is 208 g/mol. The van der Waals surface area contributed by atoms with Crippen LogP contribution in [0.3, 0.4) is 0 Å². The van der Waals surface area contributed by atoms with Crippen LogP contribution in [-0.2, 0) is 0 Å². The lowest BCUT2D eigenvalue weighted by molar-refractivity contribution is 0.973. The first-order chi connectivity index (χ1) is 7.92. The average molecular weight is 208 g/mol. The van der Waals surface area contributed by atoms with Crippen molar-refractivity contribution in [1.29, 1.82) is 0 Å². The highest BCUT2D eigenvalue weighted by atomic mass is 15.3. The van der Waals surface area contributed by atoms with E-state index in [1.165, 1.54) is 10.8 Å². The third kappa shape index (κ3) is 1.16. The van der Waals surface area contributed by atoms with Gasteiger partial charge in [0.1, 0.15) is 0 Å². The second-order valence-electron chi connectivity index (χ2n) is 3.72. The molecular formula is C14H12N2. The molecule has 0 aliphatic carbocycles. The van der Waals surface area contributed by atoms with Gasteiger partial charge in [0.2, 0.25) is 0 Å². The fourth-order valence-corrected chi connectivity index (χ4v) is 2.14. The molecule has 3 rings (SSSR count). The molecule has 0 unspecified atom stereocenters. The number of rotatable bonds is 1. The summed E-state index contributed by atoms with van der Waals surface area (Å²) in [5.74, 6) is 0. The topological polar surface area (TPSA) is 17.3 Å². The maximum Gasteiger partial charge on any atom is 0.0731 e. The maximum atomic E-state index is 4.41. The first-order valence-electron chi connectivity index (χ1n) is 5.39. The van der Waals surface area contributed by atoms with Crippen molar-refractivity contribution in [3.8, 4) is 0 Å². The zero-order valence-corrected chi connectivity index (χ0v) is 9.09. The molecule has 0 saturated carbocycles. The lowest BCUT2D eigenvalue weighted by Crippen LogP contribution is -1.86. The predicted molar refractivity (Wildman–Crippen MR) is 69.0 cm³/mol. The fourth-order valence-electron chi connectivity index (χ4n) is 2.14. The number of nitrogens with zero attached hydrogens (tertiary/aromatic N) is 2. The Balaban J connectivity index is 2.59. The Morgan fingerprint density at radius 2 is 1.38 bits per heavy atom. The molecule has 1 aromatic heterocycles. The molecule has 2 aromatic carbocycles. The Kier molecular flexibility index (Phi) is 2.00. The van der Waals surface area contributed by atoms with Crippen LogP contribution in [0, 0.1) is 0 Å². The molecule has 2 heteroatoms. The normalized spacial score (nSPS) is 11.8. The summed E-state index contributed by atoms with van der Waals surface area (Å²) in [4.78, 5) is 0. The smallest absolute Gasteiger partial charge is 0.0731 e. The van der Waals surface area contributed by atoms with Gasteiger partial charge >= 0.3 is 0 Å². The number of para-hydroxylation sites is 2. The molecule has 0 N–H and O–H groups in total. The van der Waals surface area contributed by atoms with Gasteiger partial charge in [0.05, 0.1) is 11.0 Å². The van der Waals surface area contributed by atoms with E-state index in [0.717, 1.165) is 11.0 Å². The molecule has 0 fully saturated rings. The van der Waals surface area contributed by atoms with Gasteiger partial charge in [0.25, 0.3) is 0 Å². The van der Waals surface area contributed by atoms with E-state index in [4.69, 9.17) is 0 Å². The standard InChI is InChI=1S/C14H12N2/c1-2-15-16-13-9-5-3-7-11(13)12-8-4-6-10-14(12)16/h2-10H,1H3. The van der Waals surface area contributed by atoms with Gasteiger partial charge < -0.3 is 0 Å². The van der Waals surface area contributed by atoms with E-state index in [1.807, 2.05) is 29.9 Å². The first kappa shape index (κ1) is 9.16. The summed E-state index contributed by atoms with van der Waals surface area (Å²) in [6.07, 6.45) is 1.82. The molecule has 2 nitrogen and oxygen atoms in total. The van der Waals surface area contributed by atoms with Crippen molar-refractivity contribution in [2.24, 2.45) is 5.10 Å². The molecule has 0 atom stereocenters. The highest BCUT2D eigenvalue weighted by Gasteiger charge is 2.07. The first-order valence-corrected chi connectivity index (χ1v) is 5.39. The molecule has 0 saturated heterocycles. The molecule has 0 aliphatic rings. The molecule has 0 aliphatic heterocycles. The Morgan fingerprint density at radius 3 is 1.88 bits per heavy atom. The van der Waals surface area contributed by atoms with E-state index in [9.17, 15) is 0 Å². The summed E-state index contributed by atoms with van der Waals surface area (Å²) in [5, 5.41) is 6.92. The van der Waals surface area contributed by atoms with E-state index in [1.54, 1.807) is 0 Å². The van der Waals surface area contributed by atoms with E-state index in [0.29, 0.717) is 0 Å². The van der Waals surface area contributed by atoms with Crippen LogP contribution < -0.4 is 0 Å². The SMILES string of the molecule is CC=Nn1c2ccccc2c2ccccc21. The summed E-state index contributed by atoms with van der Waals surface area (Å²) >= 11 is 0. The van der Waals surface area contributed by atoms with Crippen LogP contribution in [0.4, 0.5) is 0 Å². The Morgan fingerprint density at radius 1 is 0.875 bits per heavy atom. The van der Waals surface area contributed by atoms with Gasteiger partial charge in [-0.2, -0.15) is 5.10 Å². The highest BCUT2D eigenvalue weighted by Crippen LogP contribution is 2.28. The summed E-state index contributed by atoms with van der Waals surface area (Å²) in [7, 11) is 0. The third-order valence-corrected chi connectivity index (χ3v) is 2.79. The van der Waals surface area contributed by atoms with E-state index < -0.39 is 0 Å². The second-order valence-corrected chi connectivity index (χ2v) is 3.72. The highest BCUT2D eigenvalue weighted by molar-refractivity contribution is 6.08. The number of benzene rings is 2. The minimum atomic E-state index is 1.15. The lowest BCUT2D eigenvalue weighted by atomic mass is 10.2. The molecule has 3 aromatic rings. The van der Waals surface area contributed by atoms with E-state index in [2.05, 4.69) is 41.5 Å². The molecule has 0 spiro atoms.